The fraction of sp³-hybridized carbons (Fsp3) is 0.643. The molecule has 2 amide bonds. The first-order chi connectivity index (χ1) is 9.51. The molecule has 1 aromatic heterocycles. The number of carbonyl (C=O) groups is 2. The molecule has 0 saturated carbocycles. The monoisotopic (exact) mass is 278 g/mol. The molecule has 1 N–H and O–H groups in total. The van der Waals surface area contributed by atoms with E-state index >= 15 is 0 Å². The first kappa shape index (κ1) is 14.6. The molecule has 6 nitrogen and oxygen atoms in total. The second kappa shape index (κ2) is 6.07. The van der Waals surface area contributed by atoms with Gasteiger partial charge in [0.25, 0.3) is 0 Å². The van der Waals surface area contributed by atoms with Gasteiger partial charge in [-0.2, -0.15) is 5.10 Å². The molecule has 2 unspecified atom stereocenters. The summed E-state index contributed by atoms with van der Waals surface area (Å²) in [5.74, 6) is 0.104. The van der Waals surface area contributed by atoms with Gasteiger partial charge in [-0.3, -0.25) is 14.3 Å². The maximum atomic E-state index is 12.6. The Hall–Kier alpha value is -1.85. The van der Waals surface area contributed by atoms with E-state index in [1.165, 1.54) is 0 Å². The minimum atomic E-state index is -0.410. The molecule has 0 radical (unpaired) electrons. The Labute approximate surface area is 119 Å². The van der Waals surface area contributed by atoms with Crippen molar-refractivity contribution >= 4 is 11.8 Å². The van der Waals surface area contributed by atoms with E-state index in [0.717, 1.165) is 12.0 Å². The summed E-state index contributed by atoms with van der Waals surface area (Å²) in [5.41, 5.74) is 0.984. The van der Waals surface area contributed by atoms with Gasteiger partial charge in [0.2, 0.25) is 11.8 Å². The van der Waals surface area contributed by atoms with Crippen LogP contribution in [0, 0.1) is 5.92 Å². The molecular formula is C14H22N4O2. The minimum absolute atomic E-state index is 0.00838. The van der Waals surface area contributed by atoms with Crippen molar-refractivity contribution in [1.82, 2.24) is 20.0 Å². The summed E-state index contributed by atoms with van der Waals surface area (Å²) in [4.78, 5) is 26.1. The summed E-state index contributed by atoms with van der Waals surface area (Å²) in [6.07, 6.45) is 4.87. The summed E-state index contributed by atoms with van der Waals surface area (Å²) in [7, 11) is 1.85. The lowest BCUT2D eigenvalue weighted by atomic mass is 9.98. The Balaban J connectivity index is 2.14. The highest BCUT2D eigenvalue weighted by Gasteiger charge is 2.32. The number of carbonyl (C=O) groups excluding carboxylic acids is 2. The van der Waals surface area contributed by atoms with Crippen molar-refractivity contribution in [2.24, 2.45) is 13.0 Å². The molecule has 0 aromatic carbocycles. The fourth-order valence-electron chi connectivity index (χ4n) is 2.40. The molecule has 1 aliphatic rings. The van der Waals surface area contributed by atoms with Crippen molar-refractivity contribution in [2.75, 3.05) is 6.54 Å². The maximum Gasteiger partial charge on any atom is 0.245 e. The first-order valence-corrected chi connectivity index (χ1v) is 7.07. The van der Waals surface area contributed by atoms with E-state index in [0.29, 0.717) is 19.5 Å². The molecule has 2 atom stereocenters. The minimum Gasteiger partial charge on any atom is -0.344 e. The van der Waals surface area contributed by atoms with Crippen LogP contribution in [0.25, 0.3) is 0 Å². The zero-order valence-electron chi connectivity index (χ0n) is 12.3. The van der Waals surface area contributed by atoms with E-state index in [4.69, 9.17) is 0 Å². The molecule has 110 valence electrons. The van der Waals surface area contributed by atoms with Crippen LogP contribution in [0.1, 0.15) is 32.3 Å². The summed E-state index contributed by atoms with van der Waals surface area (Å²) >= 11 is 0. The lowest BCUT2D eigenvalue weighted by Crippen LogP contribution is -2.48. The topological polar surface area (TPSA) is 67.2 Å². The third-order valence-electron chi connectivity index (χ3n) is 3.85. The van der Waals surface area contributed by atoms with Crippen LogP contribution in [0.2, 0.25) is 0 Å². The van der Waals surface area contributed by atoms with Gasteiger partial charge >= 0.3 is 0 Å². The molecule has 0 aliphatic carbocycles. The molecule has 2 heterocycles. The van der Waals surface area contributed by atoms with Gasteiger partial charge in [0.05, 0.1) is 6.20 Å². The van der Waals surface area contributed by atoms with Crippen LogP contribution in [0.5, 0.6) is 0 Å². The van der Waals surface area contributed by atoms with E-state index in [9.17, 15) is 9.59 Å². The molecular weight excluding hydrogens is 256 g/mol. The molecule has 1 aromatic rings. The lowest BCUT2D eigenvalue weighted by molar-refractivity contribution is -0.135. The van der Waals surface area contributed by atoms with Gasteiger partial charge in [-0.25, -0.2) is 0 Å². The van der Waals surface area contributed by atoms with Gasteiger partial charge in [-0.15, -0.1) is 0 Å². The van der Waals surface area contributed by atoms with Crippen LogP contribution in [-0.4, -0.2) is 39.1 Å². The lowest BCUT2D eigenvalue weighted by Gasteiger charge is -2.26. The number of aryl methyl sites for hydroxylation is 1. The zero-order chi connectivity index (χ0) is 14.7. The quantitative estimate of drug-likeness (QED) is 0.881. The normalized spacial score (nSPS) is 21.6. The van der Waals surface area contributed by atoms with Crippen molar-refractivity contribution < 1.29 is 9.59 Å². The number of aromatic nitrogens is 2. The average molecular weight is 278 g/mol. The number of amides is 2. The van der Waals surface area contributed by atoms with Crippen LogP contribution in [-0.2, 0) is 23.2 Å². The summed E-state index contributed by atoms with van der Waals surface area (Å²) < 4.78 is 1.72. The largest absolute Gasteiger partial charge is 0.344 e. The van der Waals surface area contributed by atoms with Crippen LogP contribution in [0.4, 0.5) is 0 Å². The van der Waals surface area contributed by atoms with E-state index < -0.39 is 6.04 Å². The third kappa shape index (κ3) is 3.18. The van der Waals surface area contributed by atoms with Gasteiger partial charge in [-0.1, -0.05) is 20.3 Å². The van der Waals surface area contributed by atoms with E-state index in [1.54, 1.807) is 15.8 Å². The van der Waals surface area contributed by atoms with Crippen molar-refractivity contribution in [3.63, 3.8) is 0 Å². The third-order valence-corrected chi connectivity index (χ3v) is 3.85. The molecule has 1 aliphatic heterocycles. The molecule has 2 rings (SSSR count). The van der Waals surface area contributed by atoms with Crippen molar-refractivity contribution in [1.29, 1.82) is 0 Å². The predicted octanol–water partition coefficient (Wildman–Crippen LogP) is 0.683. The predicted molar refractivity (Wildman–Crippen MR) is 74.6 cm³/mol. The molecule has 0 bridgehead atoms. The smallest absolute Gasteiger partial charge is 0.245 e. The Kier molecular flexibility index (Phi) is 4.42. The molecule has 6 heteroatoms. The Morgan fingerprint density at radius 3 is 2.85 bits per heavy atom. The van der Waals surface area contributed by atoms with E-state index in [1.807, 2.05) is 27.1 Å². The SMILES string of the molecule is CCC(C)C1NC(=O)CCN(Cc2cnn(C)c2)C1=O. The Bertz CT molecular complexity index is 497. The second-order valence-corrected chi connectivity index (χ2v) is 5.46. The van der Waals surface area contributed by atoms with Crippen molar-refractivity contribution in [3.05, 3.63) is 18.0 Å². The highest BCUT2D eigenvalue weighted by atomic mass is 16.2. The number of nitrogens with one attached hydrogen (secondary N) is 1. The second-order valence-electron chi connectivity index (χ2n) is 5.46. The number of nitrogens with zero attached hydrogens (tertiary/aromatic N) is 3. The Morgan fingerprint density at radius 2 is 2.25 bits per heavy atom. The number of rotatable bonds is 4. The van der Waals surface area contributed by atoms with Crippen LogP contribution in [0.3, 0.4) is 0 Å². The first-order valence-electron chi connectivity index (χ1n) is 7.07. The van der Waals surface area contributed by atoms with Gasteiger partial charge in [0, 0.05) is 38.3 Å². The standard InChI is InChI=1S/C14H22N4O2/c1-4-10(2)13-14(20)18(6-5-12(19)16-13)9-11-7-15-17(3)8-11/h7-8,10,13H,4-6,9H2,1-3H3,(H,16,19). The highest BCUT2D eigenvalue weighted by Crippen LogP contribution is 2.16. The van der Waals surface area contributed by atoms with Gasteiger partial charge in [0.15, 0.2) is 0 Å². The van der Waals surface area contributed by atoms with Gasteiger partial charge < -0.3 is 10.2 Å². The summed E-state index contributed by atoms with van der Waals surface area (Å²) in [6, 6.07) is -0.410. The van der Waals surface area contributed by atoms with Gasteiger partial charge in [0.1, 0.15) is 6.04 Å². The number of hydrogen-bond acceptors (Lipinski definition) is 3. The van der Waals surface area contributed by atoms with Crippen molar-refractivity contribution in [3.8, 4) is 0 Å². The summed E-state index contributed by atoms with van der Waals surface area (Å²) in [5, 5.41) is 6.96. The molecule has 1 fully saturated rings. The molecule has 1 saturated heterocycles. The van der Waals surface area contributed by atoms with Crippen LogP contribution < -0.4 is 5.32 Å². The van der Waals surface area contributed by atoms with Crippen molar-refractivity contribution in [2.45, 2.75) is 39.3 Å². The molecule has 0 spiro atoms. The van der Waals surface area contributed by atoms with Crippen LogP contribution >= 0.6 is 0 Å². The van der Waals surface area contributed by atoms with E-state index in [-0.39, 0.29) is 17.7 Å². The highest BCUT2D eigenvalue weighted by molar-refractivity contribution is 5.90. The van der Waals surface area contributed by atoms with Crippen LogP contribution in [0.15, 0.2) is 12.4 Å². The number of hydrogen-bond donors (Lipinski definition) is 1. The molecule has 20 heavy (non-hydrogen) atoms. The summed E-state index contributed by atoms with van der Waals surface area (Å²) in [6.45, 7) is 5.00. The Morgan fingerprint density at radius 1 is 1.50 bits per heavy atom. The zero-order valence-corrected chi connectivity index (χ0v) is 12.3. The van der Waals surface area contributed by atoms with E-state index in [2.05, 4.69) is 10.4 Å². The maximum absolute atomic E-state index is 12.6. The average Bonchev–Trinajstić information content (AvgIpc) is 2.78. The fourth-order valence-corrected chi connectivity index (χ4v) is 2.40. The van der Waals surface area contributed by atoms with Gasteiger partial charge in [-0.05, 0) is 5.92 Å².